The number of hydrogen-bond donors (Lipinski definition) is 2. The summed E-state index contributed by atoms with van der Waals surface area (Å²) < 4.78 is 38.7. The van der Waals surface area contributed by atoms with Crippen molar-refractivity contribution in [2.75, 3.05) is 17.9 Å². The monoisotopic (exact) mass is 420 g/mol. The second kappa shape index (κ2) is 10.2. The highest BCUT2D eigenvalue weighted by molar-refractivity contribution is 7.92. The number of benzene rings is 2. The number of carbonyl (C=O) groups excluding carboxylic acids is 1. The van der Waals surface area contributed by atoms with Crippen LogP contribution in [0.2, 0.25) is 0 Å². The van der Waals surface area contributed by atoms with Gasteiger partial charge in [-0.15, -0.1) is 0 Å². The highest BCUT2D eigenvalue weighted by Gasteiger charge is 2.16. The van der Waals surface area contributed by atoms with Crippen molar-refractivity contribution in [2.45, 2.75) is 45.1 Å². The zero-order valence-corrected chi connectivity index (χ0v) is 18.0. The van der Waals surface area contributed by atoms with Crippen LogP contribution in [0.3, 0.4) is 0 Å². The predicted octanol–water partition coefficient (Wildman–Crippen LogP) is 3.49. The van der Waals surface area contributed by atoms with Crippen LogP contribution in [0.4, 0.5) is 5.69 Å². The van der Waals surface area contributed by atoms with Crippen molar-refractivity contribution in [3.63, 3.8) is 0 Å². The van der Waals surface area contributed by atoms with Gasteiger partial charge in [-0.25, -0.2) is 8.42 Å². The Morgan fingerprint density at radius 3 is 2.34 bits per heavy atom. The second-order valence-corrected chi connectivity index (χ2v) is 8.34. The molecule has 0 radical (unpaired) electrons. The lowest BCUT2D eigenvalue weighted by atomic mass is 10.2. The van der Waals surface area contributed by atoms with E-state index in [1.807, 2.05) is 20.8 Å². The number of amides is 1. The van der Waals surface area contributed by atoms with Crippen LogP contribution in [0.5, 0.6) is 11.5 Å². The van der Waals surface area contributed by atoms with Crippen LogP contribution >= 0.6 is 0 Å². The SMILES string of the molecule is CCOc1ccc(NS(=O)(=O)c2ccc(OCC(=O)N[C@H](C)CC)c(C)c2)cc1. The van der Waals surface area contributed by atoms with Crippen LogP contribution in [0.1, 0.15) is 32.8 Å². The Balaban J connectivity index is 2.04. The molecule has 8 heteroatoms. The van der Waals surface area contributed by atoms with Gasteiger partial charge >= 0.3 is 0 Å². The first-order chi connectivity index (χ1) is 13.7. The Morgan fingerprint density at radius 2 is 1.76 bits per heavy atom. The summed E-state index contributed by atoms with van der Waals surface area (Å²) in [4.78, 5) is 12.0. The van der Waals surface area contributed by atoms with Gasteiger partial charge in [0.1, 0.15) is 11.5 Å². The molecule has 0 bridgehead atoms. The number of carbonyl (C=O) groups is 1. The third kappa shape index (κ3) is 6.67. The molecule has 2 rings (SSSR count). The highest BCUT2D eigenvalue weighted by Crippen LogP contribution is 2.24. The Morgan fingerprint density at radius 1 is 1.07 bits per heavy atom. The van der Waals surface area contributed by atoms with Crippen molar-refractivity contribution >= 4 is 21.6 Å². The lowest BCUT2D eigenvalue weighted by molar-refractivity contribution is -0.123. The van der Waals surface area contributed by atoms with Gasteiger partial charge < -0.3 is 14.8 Å². The molecule has 2 aromatic rings. The number of anilines is 1. The number of rotatable bonds is 10. The molecule has 7 nitrogen and oxygen atoms in total. The quantitative estimate of drug-likeness (QED) is 0.614. The van der Waals surface area contributed by atoms with E-state index in [9.17, 15) is 13.2 Å². The predicted molar refractivity (Wildman–Crippen MR) is 113 cm³/mol. The molecule has 0 unspecified atom stereocenters. The van der Waals surface area contributed by atoms with Crippen molar-refractivity contribution in [3.8, 4) is 11.5 Å². The molecule has 1 amide bonds. The topological polar surface area (TPSA) is 93.7 Å². The molecule has 2 N–H and O–H groups in total. The average Bonchev–Trinajstić information content (AvgIpc) is 2.68. The van der Waals surface area contributed by atoms with Gasteiger partial charge in [0.2, 0.25) is 0 Å². The first-order valence-electron chi connectivity index (χ1n) is 9.53. The first kappa shape index (κ1) is 22.5. The van der Waals surface area contributed by atoms with Crippen LogP contribution < -0.4 is 19.5 Å². The summed E-state index contributed by atoms with van der Waals surface area (Å²) in [7, 11) is -3.75. The minimum atomic E-state index is -3.75. The molecule has 0 saturated heterocycles. The molecule has 158 valence electrons. The summed E-state index contributed by atoms with van der Waals surface area (Å²) in [6.07, 6.45) is 0.832. The molecule has 1 atom stereocenters. The van der Waals surface area contributed by atoms with Crippen LogP contribution in [0, 0.1) is 6.92 Å². The van der Waals surface area contributed by atoms with E-state index in [0.717, 1.165) is 6.42 Å². The Labute approximate surface area is 172 Å². The van der Waals surface area contributed by atoms with E-state index in [2.05, 4.69) is 10.0 Å². The number of aryl methyl sites for hydroxylation is 1. The molecule has 29 heavy (non-hydrogen) atoms. The normalized spacial score (nSPS) is 12.1. The Kier molecular flexibility index (Phi) is 7.90. The largest absolute Gasteiger partial charge is 0.494 e. The van der Waals surface area contributed by atoms with Crippen LogP contribution in [0.25, 0.3) is 0 Å². The van der Waals surface area contributed by atoms with Gasteiger partial charge in [-0.2, -0.15) is 0 Å². The zero-order valence-electron chi connectivity index (χ0n) is 17.2. The van der Waals surface area contributed by atoms with Gasteiger partial charge in [-0.3, -0.25) is 9.52 Å². The molecule has 0 aliphatic heterocycles. The summed E-state index contributed by atoms with van der Waals surface area (Å²) in [6, 6.07) is 11.3. The number of hydrogen-bond acceptors (Lipinski definition) is 5. The fourth-order valence-electron chi connectivity index (χ4n) is 2.51. The smallest absolute Gasteiger partial charge is 0.261 e. The molecular formula is C21H28N2O5S. The lowest BCUT2D eigenvalue weighted by Gasteiger charge is -2.14. The van der Waals surface area contributed by atoms with Crippen molar-refractivity contribution in [1.82, 2.24) is 5.32 Å². The molecule has 0 aliphatic rings. The average molecular weight is 421 g/mol. The fourth-order valence-corrected chi connectivity index (χ4v) is 3.66. The van der Waals surface area contributed by atoms with E-state index in [1.54, 1.807) is 37.3 Å². The summed E-state index contributed by atoms with van der Waals surface area (Å²) >= 11 is 0. The zero-order chi connectivity index (χ0) is 21.4. The van der Waals surface area contributed by atoms with Crippen molar-refractivity contribution in [2.24, 2.45) is 0 Å². The number of nitrogens with one attached hydrogen (secondary N) is 2. The first-order valence-corrected chi connectivity index (χ1v) is 11.0. The maximum Gasteiger partial charge on any atom is 0.261 e. The number of ether oxygens (including phenoxy) is 2. The summed E-state index contributed by atoms with van der Waals surface area (Å²) in [6.45, 7) is 7.93. The van der Waals surface area contributed by atoms with Gasteiger partial charge in [0, 0.05) is 11.7 Å². The Bertz CT molecular complexity index is 927. The van der Waals surface area contributed by atoms with Gasteiger partial charge in [0.05, 0.1) is 11.5 Å². The van der Waals surface area contributed by atoms with E-state index >= 15 is 0 Å². The van der Waals surface area contributed by atoms with Crippen molar-refractivity contribution in [1.29, 1.82) is 0 Å². The van der Waals surface area contributed by atoms with Gasteiger partial charge in [-0.05, 0) is 75.2 Å². The fraction of sp³-hybridized carbons (Fsp3) is 0.381. The minimum absolute atomic E-state index is 0.0772. The van der Waals surface area contributed by atoms with Crippen LogP contribution in [0.15, 0.2) is 47.4 Å². The van der Waals surface area contributed by atoms with E-state index in [0.29, 0.717) is 29.4 Å². The van der Waals surface area contributed by atoms with E-state index in [-0.39, 0.29) is 23.5 Å². The van der Waals surface area contributed by atoms with Gasteiger partial charge in [0.25, 0.3) is 15.9 Å². The summed E-state index contributed by atoms with van der Waals surface area (Å²) in [5.74, 6) is 0.919. The standard InChI is InChI=1S/C21H28N2O5S/c1-5-16(4)22-21(24)14-28-20-12-11-19(13-15(20)3)29(25,26)23-17-7-9-18(10-8-17)27-6-2/h7-13,16,23H,5-6,14H2,1-4H3,(H,22,24)/t16-/m1/s1. The molecule has 0 spiro atoms. The lowest BCUT2D eigenvalue weighted by Crippen LogP contribution is -2.35. The highest BCUT2D eigenvalue weighted by atomic mass is 32.2. The van der Waals surface area contributed by atoms with Gasteiger partial charge in [0.15, 0.2) is 6.61 Å². The number of sulfonamides is 1. The maximum absolute atomic E-state index is 12.6. The summed E-state index contributed by atoms with van der Waals surface area (Å²) in [5, 5.41) is 2.82. The molecule has 0 aromatic heterocycles. The third-order valence-electron chi connectivity index (χ3n) is 4.25. The van der Waals surface area contributed by atoms with Crippen molar-refractivity contribution in [3.05, 3.63) is 48.0 Å². The molecule has 2 aromatic carbocycles. The van der Waals surface area contributed by atoms with Crippen LogP contribution in [-0.2, 0) is 14.8 Å². The Hall–Kier alpha value is -2.74. The van der Waals surface area contributed by atoms with E-state index < -0.39 is 10.0 Å². The van der Waals surface area contributed by atoms with E-state index in [4.69, 9.17) is 9.47 Å². The maximum atomic E-state index is 12.6. The van der Waals surface area contributed by atoms with Crippen molar-refractivity contribution < 1.29 is 22.7 Å². The molecule has 0 fully saturated rings. The summed E-state index contributed by atoms with van der Waals surface area (Å²) in [5.41, 5.74) is 1.06. The van der Waals surface area contributed by atoms with Crippen LogP contribution in [-0.4, -0.2) is 33.6 Å². The third-order valence-corrected chi connectivity index (χ3v) is 5.63. The molecular weight excluding hydrogens is 392 g/mol. The molecule has 0 saturated carbocycles. The molecule has 0 aliphatic carbocycles. The minimum Gasteiger partial charge on any atom is -0.494 e. The van der Waals surface area contributed by atoms with Gasteiger partial charge in [-0.1, -0.05) is 6.92 Å². The van der Waals surface area contributed by atoms with E-state index in [1.165, 1.54) is 12.1 Å². The molecule has 0 heterocycles. The second-order valence-electron chi connectivity index (χ2n) is 6.66.